The Hall–Kier alpha value is -1.86. The van der Waals surface area contributed by atoms with Crippen LogP contribution < -0.4 is 5.32 Å². The van der Waals surface area contributed by atoms with Gasteiger partial charge in [-0.1, -0.05) is 0 Å². The standard InChI is InChI=1S/C19H23N3O2S2/c1-13-15-6-11-26-17(15)4-9-22(13)19(24)20-7-2-18(23)21-8-3-16-14(12-21)5-10-25-16/h5-6,10-11,13H,2-4,7-9,12H2,1H3,(H,20,24)/t13-/m0/s1. The van der Waals surface area contributed by atoms with Crippen LogP contribution in [0.25, 0.3) is 0 Å². The number of carbonyl (C=O) groups is 2. The average Bonchev–Trinajstić information content (AvgIpc) is 3.30. The van der Waals surface area contributed by atoms with E-state index in [1.54, 1.807) is 22.7 Å². The minimum Gasteiger partial charge on any atom is -0.338 e. The van der Waals surface area contributed by atoms with Crippen molar-refractivity contribution in [2.24, 2.45) is 0 Å². The van der Waals surface area contributed by atoms with Crippen molar-refractivity contribution < 1.29 is 9.59 Å². The summed E-state index contributed by atoms with van der Waals surface area (Å²) >= 11 is 3.54. The minimum absolute atomic E-state index is 0.0686. The van der Waals surface area contributed by atoms with Crippen molar-refractivity contribution in [1.29, 1.82) is 0 Å². The molecule has 0 aromatic carbocycles. The molecular weight excluding hydrogens is 366 g/mol. The van der Waals surface area contributed by atoms with Crippen molar-refractivity contribution in [3.8, 4) is 0 Å². The van der Waals surface area contributed by atoms with Gasteiger partial charge in [0.25, 0.3) is 0 Å². The third kappa shape index (κ3) is 3.38. The van der Waals surface area contributed by atoms with E-state index in [1.165, 1.54) is 20.9 Å². The van der Waals surface area contributed by atoms with Crippen molar-refractivity contribution >= 4 is 34.6 Å². The molecule has 0 radical (unpaired) electrons. The van der Waals surface area contributed by atoms with E-state index in [0.717, 1.165) is 25.9 Å². The van der Waals surface area contributed by atoms with Crippen molar-refractivity contribution in [2.45, 2.75) is 38.8 Å². The fourth-order valence-corrected chi connectivity index (χ4v) is 5.64. The Kier molecular flexibility index (Phi) is 5.00. The lowest BCUT2D eigenvalue weighted by Gasteiger charge is -2.33. The number of hydrogen-bond donors (Lipinski definition) is 1. The Labute approximate surface area is 161 Å². The summed E-state index contributed by atoms with van der Waals surface area (Å²) in [5, 5.41) is 7.13. The molecule has 0 spiro atoms. The predicted octanol–water partition coefficient (Wildman–Crippen LogP) is 3.41. The lowest BCUT2D eigenvalue weighted by Crippen LogP contribution is -2.45. The Bertz CT molecular complexity index is 813. The zero-order valence-electron chi connectivity index (χ0n) is 14.9. The maximum Gasteiger partial charge on any atom is 0.317 e. The lowest BCUT2D eigenvalue weighted by atomic mass is 10.0. The van der Waals surface area contributed by atoms with Gasteiger partial charge in [-0.2, -0.15) is 0 Å². The molecule has 2 aliphatic rings. The minimum atomic E-state index is -0.0686. The molecule has 4 rings (SSSR count). The first kappa shape index (κ1) is 17.5. The Balaban J connectivity index is 1.26. The summed E-state index contributed by atoms with van der Waals surface area (Å²) in [6.07, 6.45) is 2.22. The zero-order valence-corrected chi connectivity index (χ0v) is 16.5. The highest BCUT2D eigenvalue weighted by Gasteiger charge is 2.28. The molecule has 2 aromatic heterocycles. The summed E-state index contributed by atoms with van der Waals surface area (Å²) in [5.41, 5.74) is 2.53. The molecule has 3 amide bonds. The summed E-state index contributed by atoms with van der Waals surface area (Å²) in [5.74, 6) is 0.119. The van der Waals surface area contributed by atoms with Crippen molar-refractivity contribution in [2.75, 3.05) is 19.6 Å². The van der Waals surface area contributed by atoms with E-state index >= 15 is 0 Å². The first-order chi connectivity index (χ1) is 12.6. The molecule has 0 unspecified atom stereocenters. The molecule has 2 aliphatic heterocycles. The molecule has 2 aromatic rings. The van der Waals surface area contributed by atoms with E-state index in [9.17, 15) is 9.59 Å². The monoisotopic (exact) mass is 389 g/mol. The second-order valence-corrected chi connectivity index (χ2v) is 8.84. The number of amides is 3. The van der Waals surface area contributed by atoms with Gasteiger partial charge in [-0.15, -0.1) is 22.7 Å². The van der Waals surface area contributed by atoms with Gasteiger partial charge in [0.2, 0.25) is 5.91 Å². The quantitative estimate of drug-likeness (QED) is 0.875. The number of urea groups is 1. The van der Waals surface area contributed by atoms with Crippen LogP contribution in [0.1, 0.15) is 40.3 Å². The largest absolute Gasteiger partial charge is 0.338 e. The van der Waals surface area contributed by atoms with E-state index in [4.69, 9.17) is 0 Å². The Morgan fingerprint density at radius 1 is 1.15 bits per heavy atom. The molecule has 5 nitrogen and oxygen atoms in total. The zero-order chi connectivity index (χ0) is 18.1. The second-order valence-electron chi connectivity index (χ2n) is 6.83. The first-order valence-electron chi connectivity index (χ1n) is 9.07. The molecule has 7 heteroatoms. The van der Waals surface area contributed by atoms with Crippen LogP contribution in [0.15, 0.2) is 22.9 Å². The fourth-order valence-electron chi connectivity index (χ4n) is 3.78. The van der Waals surface area contributed by atoms with Crippen molar-refractivity contribution in [1.82, 2.24) is 15.1 Å². The third-order valence-electron chi connectivity index (χ3n) is 5.31. The maximum absolute atomic E-state index is 12.5. The highest BCUT2D eigenvalue weighted by molar-refractivity contribution is 7.10. The van der Waals surface area contributed by atoms with Gasteiger partial charge in [-0.05, 0) is 53.8 Å². The molecule has 1 N–H and O–H groups in total. The number of fused-ring (bicyclic) bond motifs is 2. The van der Waals surface area contributed by atoms with Crippen LogP contribution in [0.2, 0.25) is 0 Å². The summed E-state index contributed by atoms with van der Waals surface area (Å²) in [6, 6.07) is 4.25. The van der Waals surface area contributed by atoms with E-state index in [-0.39, 0.29) is 18.0 Å². The van der Waals surface area contributed by atoms with E-state index < -0.39 is 0 Å². The van der Waals surface area contributed by atoms with Crippen LogP contribution in [-0.2, 0) is 24.2 Å². The Morgan fingerprint density at radius 3 is 2.81 bits per heavy atom. The summed E-state index contributed by atoms with van der Waals surface area (Å²) < 4.78 is 0. The van der Waals surface area contributed by atoms with Gasteiger partial charge < -0.3 is 15.1 Å². The molecule has 0 saturated carbocycles. The number of nitrogens with zero attached hydrogens (tertiary/aromatic N) is 2. The normalized spacial score (nSPS) is 19.0. The van der Waals surface area contributed by atoms with Gasteiger partial charge in [-0.25, -0.2) is 4.79 Å². The van der Waals surface area contributed by atoms with Gasteiger partial charge in [0.15, 0.2) is 0 Å². The van der Waals surface area contributed by atoms with E-state index in [0.29, 0.717) is 19.5 Å². The number of rotatable bonds is 3. The molecule has 26 heavy (non-hydrogen) atoms. The van der Waals surface area contributed by atoms with Crippen LogP contribution in [0.4, 0.5) is 4.79 Å². The van der Waals surface area contributed by atoms with Crippen LogP contribution in [0, 0.1) is 0 Å². The third-order valence-corrected chi connectivity index (χ3v) is 7.33. The molecule has 1 atom stereocenters. The predicted molar refractivity (Wildman–Crippen MR) is 105 cm³/mol. The Morgan fingerprint density at radius 2 is 1.92 bits per heavy atom. The fraction of sp³-hybridized carbons (Fsp3) is 0.474. The summed E-state index contributed by atoms with van der Waals surface area (Å²) in [7, 11) is 0. The van der Waals surface area contributed by atoms with E-state index in [2.05, 4.69) is 35.1 Å². The van der Waals surface area contributed by atoms with Crippen LogP contribution in [-0.4, -0.2) is 41.4 Å². The molecule has 0 bridgehead atoms. The lowest BCUT2D eigenvalue weighted by molar-refractivity contribution is -0.131. The van der Waals surface area contributed by atoms with Crippen LogP contribution in [0.5, 0.6) is 0 Å². The average molecular weight is 390 g/mol. The van der Waals surface area contributed by atoms with Crippen LogP contribution >= 0.6 is 22.7 Å². The molecular formula is C19H23N3O2S2. The molecule has 0 saturated heterocycles. The maximum atomic E-state index is 12.5. The smallest absolute Gasteiger partial charge is 0.317 e. The SMILES string of the molecule is C[C@H]1c2ccsc2CCN1C(=O)NCCC(=O)N1CCc2sccc2C1. The molecule has 0 fully saturated rings. The van der Waals surface area contributed by atoms with Gasteiger partial charge in [0.05, 0.1) is 6.04 Å². The summed E-state index contributed by atoms with van der Waals surface area (Å²) in [4.78, 5) is 31.5. The molecule has 0 aliphatic carbocycles. The number of thiophene rings is 2. The van der Waals surface area contributed by atoms with Crippen molar-refractivity contribution in [3.05, 3.63) is 43.8 Å². The number of carbonyl (C=O) groups excluding carboxylic acids is 2. The first-order valence-corrected chi connectivity index (χ1v) is 10.8. The highest BCUT2D eigenvalue weighted by Crippen LogP contribution is 2.32. The van der Waals surface area contributed by atoms with Gasteiger partial charge in [0, 0.05) is 42.4 Å². The van der Waals surface area contributed by atoms with Crippen molar-refractivity contribution in [3.63, 3.8) is 0 Å². The second kappa shape index (κ2) is 7.40. The number of hydrogen-bond acceptors (Lipinski definition) is 4. The van der Waals surface area contributed by atoms with Gasteiger partial charge >= 0.3 is 6.03 Å². The topological polar surface area (TPSA) is 52.7 Å². The number of nitrogens with one attached hydrogen (secondary N) is 1. The molecule has 138 valence electrons. The van der Waals surface area contributed by atoms with Gasteiger partial charge in [-0.3, -0.25) is 4.79 Å². The van der Waals surface area contributed by atoms with E-state index in [1.807, 2.05) is 9.80 Å². The van der Waals surface area contributed by atoms with Gasteiger partial charge in [0.1, 0.15) is 0 Å². The summed E-state index contributed by atoms with van der Waals surface area (Å²) in [6.45, 7) is 4.69. The van der Waals surface area contributed by atoms with Crippen LogP contribution in [0.3, 0.4) is 0 Å². The highest BCUT2D eigenvalue weighted by atomic mass is 32.1. The molecule has 4 heterocycles.